The molecule has 1 aromatic heterocycles. The predicted molar refractivity (Wildman–Crippen MR) is 79.2 cm³/mol. The predicted octanol–water partition coefficient (Wildman–Crippen LogP) is 2.82. The summed E-state index contributed by atoms with van der Waals surface area (Å²) in [6, 6.07) is 5.89. The van der Waals surface area contributed by atoms with Gasteiger partial charge in [-0.2, -0.15) is 5.10 Å². The molecule has 2 N–H and O–H groups in total. The zero-order valence-corrected chi connectivity index (χ0v) is 12.7. The van der Waals surface area contributed by atoms with Crippen LogP contribution in [0.5, 0.6) is 5.75 Å². The molecule has 0 aliphatic carbocycles. The molecule has 0 saturated carbocycles. The van der Waals surface area contributed by atoms with Crippen molar-refractivity contribution in [2.75, 3.05) is 6.61 Å². The summed E-state index contributed by atoms with van der Waals surface area (Å²) in [5, 5.41) is 4.14. The van der Waals surface area contributed by atoms with Crippen LogP contribution in [0.15, 0.2) is 35.1 Å². The lowest BCUT2D eigenvalue weighted by molar-refractivity contribution is 0.317. The first-order valence-corrected chi connectivity index (χ1v) is 7.01. The van der Waals surface area contributed by atoms with Gasteiger partial charge in [0.25, 0.3) is 0 Å². The molecule has 19 heavy (non-hydrogen) atoms. The smallest absolute Gasteiger partial charge is 0.125 e. The molecule has 1 heterocycles. The van der Waals surface area contributed by atoms with Gasteiger partial charge in [-0.3, -0.25) is 4.68 Å². The van der Waals surface area contributed by atoms with E-state index in [9.17, 15) is 0 Å². The maximum absolute atomic E-state index is 5.94. The van der Waals surface area contributed by atoms with Gasteiger partial charge in [0.15, 0.2) is 0 Å². The van der Waals surface area contributed by atoms with Crippen LogP contribution in [-0.4, -0.2) is 16.4 Å². The molecule has 0 bridgehead atoms. The van der Waals surface area contributed by atoms with Crippen molar-refractivity contribution < 1.29 is 4.74 Å². The number of aromatic nitrogens is 2. The van der Waals surface area contributed by atoms with E-state index in [1.807, 2.05) is 44.6 Å². The van der Waals surface area contributed by atoms with Gasteiger partial charge >= 0.3 is 0 Å². The number of ether oxygens (including phenoxy) is 1. The lowest BCUT2D eigenvalue weighted by Gasteiger charge is -2.14. The van der Waals surface area contributed by atoms with Crippen molar-refractivity contribution in [2.24, 2.45) is 12.8 Å². The molecular formula is C14H18BrN3O. The monoisotopic (exact) mass is 323 g/mol. The molecule has 102 valence electrons. The van der Waals surface area contributed by atoms with E-state index in [1.165, 1.54) is 5.56 Å². The van der Waals surface area contributed by atoms with Crippen molar-refractivity contribution in [1.82, 2.24) is 9.78 Å². The zero-order chi connectivity index (χ0) is 13.8. The van der Waals surface area contributed by atoms with Crippen LogP contribution in [0.1, 0.15) is 24.1 Å². The fraction of sp³-hybridized carbons (Fsp3) is 0.357. The molecule has 0 amide bonds. The molecule has 1 aromatic carbocycles. The highest BCUT2D eigenvalue weighted by Crippen LogP contribution is 2.27. The maximum Gasteiger partial charge on any atom is 0.125 e. The van der Waals surface area contributed by atoms with Gasteiger partial charge in [0.2, 0.25) is 0 Å². The summed E-state index contributed by atoms with van der Waals surface area (Å²) in [7, 11) is 1.91. The molecule has 0 unspecified atom stereocenters. The molecule has 0 fully saturated rings. The van der Waals surface area contributed by atoms with Crippen LogP contribution < -0.4 is 10.5 Å². The molecule has 1 atom stereocenters. The quantitative estimate of drug-likeness (QED) is 0.920. The second-order valence-electron chi connectivity index (χ2n) is 4.59. The Kier molecular flexibility index (Phi) is 4.61. The molecule has 0 aliphatic heterocycles. The third kappa shape index (κ3) is 3.81. The van der Waals surface area contributed by atoms with Gasteiger partial charge in [0, 0.05) is 35.7 Å². The fourth-order valence-electron chi connectivity index (χ4n) is 1.89. The van der Waals surface area contributed by atoms with Gasteiger partial charge in [-0.1, -0.05) is 22.0 Å². The first-order valence-electron chi connectivity index (χ1n) is 6.21. The highest BCUT2D eigenvalue weighted by atomic mass is 79.9. The molecular weight excluding hydrogens is 306 g/mol. The summed E-state index contributed by atoms with van der Waals surface area (Å²) in [4.78, 5) is 0. The number of nitrogens with two attached hydrogens (primary N) is 1. The molecule has 0 spiro atoms. The van der Waals surface area contributed by atoms with E-state index < -0.39 is 0 Å². The Morgan fingerprint density at radius 3 is 2.89 bits per heavy atom. The molecule has 5 heteroatoms. The molecule has 4 nitrogen and oxygen atoms in total. The Hall–Kier alpha value is -1.33. The molecule has 0 radical (unpaired) electrons. The normalized spacial score (nSPS) is 12.4. The average molecular weight is 324 g/mol. The van der Waals surface area contributed by atoms with Crippen LogP contribution in [0.3, 0.4) is 0 Å². The van der Waals surface area contributed by atoms with Crippen LogP contribution in [0.2, 0.25) is 0 Å². The van der Waals surface area contributed by atoms with Crippen molar-refractivity contribution in [2.45, 2.75) is 19.4 Å². The number of aryl methyl sites for hydroxylation is 1. The van der Waals surface area contributed by atoms with Crippen molar-refractivity contribution in [3.8, 4) is 5.75 Å². The first kappa shape index (κ1) is 14.1. The van der Waals surface area contributed by atoms with Gasteiger partial charge in [-0.25, -0.2) is 0 Å². The summed E-state index contributed by atoms with van der Waals surface area (Å²) >= 11 is 3.45. The Bertz CT molecular complexity index is 551. The van der Waals surface area contributed by atoms with E-state index in [0.717, 1.165) is 22.2 Å². The van der Waals surface area contributed by atoms with Crippen molar-refractivity contribution >= 4 is 15.9 Å². The van der Waals surface area contributed by atoms with Crippen LogP contribution in [0.4, 0.5) is 0 Å². The minimum atomic E-state index is -0.0403. The maximum atomic E-state index is 5.94. The SMILES string of the molecule is C[C@@H](N)c1ccc(Br)cc1OCCc1cnn(C)c1. The highest BCUT2D eigenvalue weighted by molar-refractivity contribution is 9.10. The summed E-state index contributed by atoms with van der Waals surface area (Å²) in [6.45, 7) is 2.57. The van der Waals surface area contributed by atoms with Gasteiger partial charge < -0.3 is 10.5 Å². The number of benzene rings is 1. The third-order valence-electron chi connectivity index (χ3n) is 2.87. The van der Waals surface area contributed by atoms with Crippen LogP contribution >= 0.6 is 15.9 Å². The number of halogens is 1. The molecule has 2 aromatic rings. The summed E-state index contributed by atoms with van der Waals surface area (Å²) in [5.74, 6) is 0.841. The Morgan fingerprint density at radius 1 is 1.47 bits per heavy atom. The van der Waals surface area contributed by atoms with Crippen LogP contribution in [0.25, 0.3) is 0 Å². The number of hydrogen-bond donors (Lipinski definition) is 1. The van der Waals surface area contributed by atoms with Crippen molar-refractivity contribution in [1.29, 1.82) is 0 Å². The highest BCUT2D eigenvalue weighted by Gasteiger charge is 2.09. The van der Waals surface area contributed by atoms with Gasteiger partial charge in [-0.15, -0.1) is 0 Å². The minimum Gasteiger partial charge on any atom is -0.493 e. The van der Waals surface area contributed by atoms with Crippen molar-refractivity contribution in [3.63, 3.8) is 0 Å². The second-order valence-corrected chi connectivity index (χ2v) is 5.51. The molecule has 0 aliphatic rings. The Balaban J connectivity index is 2.00. The zero-order valence-electron chi connectivity index (χ0n) is 11.1. The lowest BCUT2D eigenvalue weighted by atomic mass is 10.1. The average Bonchev–Trinajstić information content (AvgIpc) is 2.75. The number of nitrogens with zero attached hydrogens (tertiary/aromatic N) is 2. The Morgan fingerprint density at radius 2 is 2.26 bits per heavy atom. The van der Waals surface area contributed by atoms with Crippen LogP contribution in [-0.2, 0) is 13.5 Å². The van der Waals surface area contributed by atoms with E-state index in [1.54, 1.807) is 4.68 Å². The summed E-state index contributed by atoms with van der Waals surface area (Å²) in [5.41, 5.74) is 8.13. The summed E-state index contributed by atoms with van der Waals surface area (Å²) < 4.78 is 8.63. The molecule has 2 rings (SSSR count). The second kappa shape index (κ2) is 6.21. The summed E-state index contributed by atoms with van der Waals surface area (Å²) in [6.07, 6.45) is 4.69. The van der Waals surface area contributed by atoms with Crippen molar-refractivity contribution in [3.05, 3.63) is 46.2 Å². The lowest BCUT2D eigenvalue weighted by Crippen LogP contribution is -2.09. The van der Waals surface area contributed by atoms with E-state index in [2.05, 4.69) is 21.0 Å². The van der Waals surface area contributed by atoms with Gasteiger partial charge in [-0.05, 0) is 24.6 Å². The van der Waals surface area contributed by atoms with Gasteiger partial charge in [0.1, 0.15) is 5.75 Å². The molecule has 0 saturated heterocycles. The van der Waals surface area contributed by atoms with Gasteiger partial charge in [0.05, 0.1) is 12.8 Å². The largest absolute Gasteiger partial charge is 0.493 e. The number of rotatable bonds is 5. The van der Waals surface area contributed by atoms with E-state index in [4.69, 9.17) is 10.5 Å². The van der Waals surface area contributed by atoms with Crippen LogP contribution in [0, 0.1) is 0 Å². The topological polar surface area (TPSA) is 53.1 Å². The van der Waals surface area contributed by atoms with E-state index >= 15 is 0 Å². The Labute approximate surface area is 121 Å². The van der Waals surface area contributed by atoms with E-state index in [0.29, 0.717) is 6.61 Å². The first-order chi connectivity index (χ1) is 9.06. The third-order valence-corrected chi connectivity index (χ3v) is 3.37. The number of hydrogen-bond acceptors (Lipinski definition) is 3. The fourth-order valence-corrected chi connectivity index (χ4v) is 2.23. The minimum absolute atomic E-state index is 0.0403. The van der Waals surface area contributed by atoms with E-state index in [-0.39, 0.29) is 6.04 Å². The standard InChI is InChI=1S/C14H18BrN3O/c1-10(16)13-4-3-12(15)7-14(13)19-6-5-11-8-17-18(2)9-11/h3-4,7-10H,5-6,16H2,1-2H3/t10-/m1/s1.